The third-order valence-corrected chi connectivity index (χ3v) is 2.93. The standard InChI is InChI=1S/C16H22N2O/c1-3-9-17-12-14-11-13-7-5-6-8-15(13)16(18-14)19-10-4-2/h5-8,11,17H,3-4,9-10,12H2,1-2H3. The predicted molar refractivity (Wildman–Crippen MR) is 79.5 cm³/mol. The largest absolute Gasteiger partial charge is 0.477 e. The second-order valence-corrected chi connectivity index (χ2v) is 4.67. The molecule has 0 radical (unpaired) electrons. The van der Waals surface area contributed by atoms with E-state index in [1.807, 2.05) is 6.07 Å². The lowest BCUT2D eigenvalue weighted by molar-refractivity contribution is 0.308. The van der Waals surface area contributed by atoms with Crippen LogP contribution in [0.15, 0.2) is 30.3 Å². The molecule has 1 heterocycles. The third kappa shape index (κ3) is 3.67. The molecule has 0 saturated carbocycles. The van der Waals surface area contributed by atoms with E-state index >= 15 is 0 Å². The Bertz CT molecular complexity index is 525. The minimum atomic E-state index is 0.711. The number of hydrogen-bond acceptors (Lipinski definition) is 3. The highest BCUT2D eigenvalue weighted by molar-refractivity contribution is 5.87. The van der Waals surface area contributed by atoms with Crippen molar-refractivity contribution >= 4 is 10.8 Å². The summed E-state index contributed by atoms with van der Waals surface area (Å²) in [5, 5.41) is 5.67. The highest BCUT2D eigenvalue weighted by atomic mass is 16.5. The molecule has 0 aliphatic heterocycles. The molecule has 2 rings (SSSR count). The van der Waals surface area contributed by atoms with Gasteiger partial charge in [0.05, 0.1) is 12.3 Å². The van der Waals surface area contributed by atoms with Crippen LogP contribution in [-0.2, 0) is 6.54 Å². The fourth-order valence-corrected chi connectivity index (χ4v) is 2.01. The van der Waals surface area contributed by atoms with Crippen molar-refractivity contribution in [3.05, 3.63) is 36.0 Å². The van der Waals surface area contributed by atoms with Gasteiger partial charge in [0.25, 0.3) is 0 Å². The lowest BCUT2D eigenvalue weighted by atomic mass is 10.1. The Morgan fingerprint density at radius 2 is 2.00 bits per heavy atom. The zero-order valence-electron chi connectivity index (χ0n) is 11.8. The number of ether oxygens (including phenoxy) is 1. The van der Waals surface area contributed by atoms with E-state index < -0.39 is 0 Å². The molecule has 0 fully saturated rings. The smallest absolute Gasteiger partial charge is 0.221 e. The fraction of sp³-hybridized carbons (Fsp3) is 0.438. The summed E-state index contributed by atoms with van der Waals surface area (Å²) in [4.78, 5) is 4.63. The van der Waals surface area contributed by atoms with Gasteiger partial charge >= 0.3 is 0 Å². The molecular weight excluding hydrogens is 236 g/mol. The van der Waals surface area contributed by atoms with Gasteiger partial charge in [0.1, 0.15) is 0 Å². The number of benzene rings is 1. The summed E-state index contributed by atoms with van der Waals surface area (Å²) in [6, 6.07) is 10.4. The maximum absolute atomic E-state index is 5.78. The van der Waals surface area contributed by atoms with Crippen LogP contribution in [0.1, 0.15) is 32.4 Å². The Morgan fingerprint density at radius 3 is 2.79 bits per heavy atom. The van der Waals surface area contributed by atoms with Gasteiger partial charge in [-0.25, -0.2) is 4.98 Å². The van der Waals surface area contributed by atoms with E-state index in [0.717, 1.165) is 42.9 Å². The molecule has 0 aliphatic rings. The minimum absolute atomic E-state index is 0.711. The van der Waals surface area contributed by atoms with Crippen molar-refractivity contribution in [1.82, 2.24) is 10.3 Å². The highest BCUT2D eigenvalue weighted by Crippen LogP contribution is 2.24. The number of rotatable bonds is 7. The van der Waals surface area contributed by atoms with Crippen LogP contribution in [0.3, 0.4) is 0 Å². The van der Waals surface area contributed by atoms with Gasteiger partial charge in [-0.15, -0.1) is 0 Å². The lowest BCUT2D eigenvalue weighted by Crippen LogP contribution is -2.15. The van der Waals surface area contributed by atoms with Gasteiger partial charge < -0.3 is 10.1 Å². The van der Waals surface area contributed by atoms with Crippen LogP contribution in [0, 0.1) is 0 Å². The second kappa shape index (κ2) is 7.10. The molecule has 1 aromatic heterocycles. The van der Waals surface area contributed by atoms with Crippen LogP contribution >= 0.6 is 0 Å². The van der Waals surface area contributed by atoms with E-state index in [2.05, 4.69) is 48.4 Å². The third-order valence-electron chi connectivity index (χ3n) is 2.93. The fourth-order valence-electron chi connectivity index (χ4n) is 2.01. The number of nitrogens with one attached hydrogen (secondary N) is 1. The summed E-state index contributed by atoms with van der Waals surface area (Å²) in [7, 11) is 0. The number of nitrogens with zero attached hydrogens (tertiary/aromatic N) is 1. The van der Waals surface area contributed by atoms with Crippen LogP contribution in [-0.4, -0.2) is 18.1 Å². The second-order valence-electron chi connectivity index (χ2n) is 4.67. The summed E-state index contributed by atoms with van der Waals surface area (Å²) in [6.45, 7) is 6.79. The predicted octanol–water partition coefficient (Wildman–Crippen LogP) is 3.52. The highest BCUT2D eigenvalue weighted by Gasteiger charge is 2.06. The maximum atomic E-state index is 5.78. The van der Waals surface area contributed by atoms with Gasteiger partial charge in [0, 0.05) is 11.9 Å². The molecule has 0 bridgehead atoms. The first-order valence-electron chi connectivity index (χ1n) is 7.07. The Hall–Kier alpha value is -1.61. The minimum Gasteiger partial charge on any atom is -0.477 e. The lowest BCUT2D eigenvalue weighted by Gasteiger charge is -2.10. The zero-order valence-corrected chi connectivity index (χ0v) is 11.8. The van der Waals surface area contributed by atoms with Gasteiger partial charge in [-0.1, -0.05) is 32.0 Å². The van der Waals surface area contributed by atoms with Crippen LogP contribution < -0.4 is 10.1 Å². The van der Waals surface area contributed by atoms with E-state index in [9.17, 15) is 0 Å². The molecule has 0 unspecified atom stereocenters. The normalized spacial score (nSPS) is 10.8. The molecule has 0 amide bonds. The molecule has 0 aliphatic carbocycles. The number of fused-ring (bicyclic) bond motifs is 1. The molecule has 0 atom stereocenters. The van der Waals surface area contributed by atoms with E-state index in [0.29, 0.717) is 6.61 Å². The van der Waals surface area contributed by atoms with Crippen molar-refractivity contribution in [3.63, 3.8) is 0 Å². The number of aromatic nitrogens is 1. The van der Waals surface area contributed by atoms with Gasteiger partial charge in [0.2, 0.25) is 5.88 Å². The first-order valence-corrected chi connectivity index (χ1v) is 7.07. The molecular formula is C16H22N2O. The molecule has 0 saturated heterocycles. The Balaban J connectivity index is 2.27. The Labute approximate surface area is 115 Å². The summed E-state index contributed by atoms with van der Waals surface area (Å²) in [5.74, 6) is 0.758. The molecule has 2 aromatic rings. The monoisotopic (exact) mass is 258 g/mol. The van der Waals surface area contributed by atoms with Crippen molar-refractivity contribution < 1.29 is 4.74 Å². The van der Waals surface area contributed by atoms with E-state index in [-0.39, 0.29) is 0 Å². The summed E-state index contributed by atoms with van der Waals surface area (Å²) < 4.78 is 5.78. The van der Waals surface area contributed by atoms with Crippen molar-refractivity contribution in [3.8, 4) is 5.88 Å². The first kappa shape index (κ1) is 13.8. The maximum Gasteiger partial charge on any atom is 0.221 e. The van der Waals surface area contributed by atoms with E-state index in [1.165, 1.54) is 5.39 Å². The van der Waals surface area contributed by atoms with Crippen LogP contribution in [0.2, 0.25) is 0 Å². The van der Waals surface area contributed by atoms with Gasteiger partial charge in [-0.3, -0.25) is 0 Å². The molecule has 0 spiro atoms. The number of hydrogen-bond donors (Lipinski definition) is 1. The van der Waals surface area contributed by atoms with Crippen LogP contribution in [0.5, 0.6) is 5.88 Å². The molecule has 3 nitrogen and oxygen atoms in total. The zero-order chi connectivity index (χ0) is 13.5. The average molecular weight is 258 g/mol. The average Bonchev–Trinajstić information content (AvgIpc) is 2.45. The molecule has 3 heteroatoms. The molecule has 19 heavy (non-hydrogen) atoms. The molecule has 1 N–H and O–H groups in total. The van der Waals surface area contributed by atoms with E-state index in [1.54, 1.807) is 0 Å². The van der Waals surface area contributed by atoms with E-state index in [4.69, 9.17) is 4.74 Å². The van der Waals surface area contributed by atoms with Crippen molar-refractivity contribution in [2.24, 2.45) is 0 Å². The Kier molecular flexibility index (Phi) is 5.16. The van der Waals surface area contributed by atoms with Gasteiger partial charge in [0.15, 0.2) is 0 Å². The summed E-state index contributed by atoms with van der Waals surface area (Å²) >= 11 is 0. The molecule has 102 valence electrons. The van der Waals surface area contributed by atoms with Crippen LogP contribution in [0.4, 0.5) is 0 Å². The SMILES string of the molecule is CCCNCc1cc2ccccc2c(OCCC)n1. The quantitative estimate of drug-likeness (QED) is 0.771. The van der Waals surface area contributed by atoms with Crippen LogP contribution in [0.25, 0.3) is 10.8 Å². The van der Waals surface area contributed by atoms with Gasteiger partial charge in [-0.05, 0) is 36.9 Å². The number of pyridine rings is 1. The Morgan fingerprint density at radius 1 is 1.16 bits per heavy atom. The van der Waals surface area contributed by atoms with Crippen molar-refractivity contribution in [1.29, 1.82) is 0 Å². The summed E-state index contributed by atoms with van der Waals surface area (Å²) in [6.07, 6.45) is 2.13. The van der Waals surface area contributed by atoms with Crippen molar-refractivity contribution in [2.45, 2.75) is 33.2 Å². The van der Waals surface area contributed by atoms with Crippen molar-refractivity contribution in [2.75, 3.05) is 13.2 Å². The topological polar surface area (TPSA) is 34.1 Å². The first-order chi connectivity index (χ1) is 9.35. The summed E-state index contributed by atoms with van der Waals surface area (Å²) in [5.41, 5.74) is 1.04. The van der Waals surface area contributed by atoms with Gasteiger partial charge in [-0.2, -0.15) is 0 Å². The molecule has 1 aromatic carbocycles.